The standard InChI is InChI=1S/C17H22ClN3/c1-2-8-20-15(10-13-7-9-21-17(19)11-13)12-14-5-3-4-6-16(14)18/h3-7,9,11,15,20H,2,8,10,12H2,1H3,(H2,19,21). The number of aromatic nitrogens is 1. The first kappa shape index (κ1) is 15.8. The van der Waals surface area contributed by atoms with Crippen LogP contribution in [0.4, 0.5) is 5.82 Å². The molecule has 3 nitrogen and oxygen atoms in total. The average Bonchev–Trinajstić information content (AvgIpc) is 2.47. The van der Waals surface area contributed by atoms with Crippen LogP contribution in [0.3, 0.4) is 0 Å². The monoisotopic (exact) mass is 303 g/mol. The highest BCUT2D eigenvalue weighted by atomic mass is 35.5. The second kappa shape index (κ2) is 8.01. The number of anilines is 1. The fourth-order valence-corrected chi connectivity index (χ4v) is 2.61. The van der Waals surface area contributed by atoms with Crippen LogP contribution in [0.25, 0.3) is 0 Å². The highest BCUT2D eigenvalue weighted by Crippen LogP contribution is 2.18. The SMILES string of the molecule is CCCNC(Cc1ccnc(N)c1)Cc1ccccc1Cl. The zero-order valence-corrected chi connectivity index (χ0v) is 13.1. The largest absolute Gasteiger partial charge is 0.384 e. The molecule has 3 N–H and O–H groups in total. The van der Waals surface area contributed by atoms with Crippen LogP contribution in [-0.2, 0) is 12.8 Å². The number of nitrogen functional groups attached to an aromatic ring is 1. The molecule has 0 aliphatic rings. The van der Waals surface area contributed by atoms with Gasteiger partial charge in [-0.1, -0.05) is 36.7 Å². The maximum absolute atomic E-state index is 6.27. The third-order valence-corrected chi connectivity index (χ3v) is 3.80. The number of pyridine rings is 1. The van der Waals surface area contributed by atoms with E-state index in [0.717, 1.165) is 30.8 Å². The number of hydrogen-bond acceptors (Lipinski definition) is 3. The Morgan fingerprint density at radius 3 is 2.76 bits per heavy atom. The minimum Gasteiger partial charge on any atom is -0.384 e. The molecule has 0 bridgehead atoms. The third-order valence-electron chi connectivity index (χ3n) is 3.43. The number of benzene rings is 1. The van der Waals surface area contributed by atoms with Gasteiger partial charge in [0.15, 0.2) is 0 Å². The van der Waals surface area contributed by atoms with Crippen LogP contribution in [0.15, 0.2) is 42.6 Å². The predicted octanol–water partition coefficient (Wildman–Crippen LogP) is 3.47. The summed E-state index contributed by atoms with van der Waals surface area (Å²) in [5, 5.41) is 4.42. The first-order valence-corrected chi connectivity index (χ1v) is 7.74. The Kier molecular flexibility index (Phi) is 6.03. The van der Waals surface area contributed by atoms with Crippen LogP contribution in [0.2, 0.25) is 5.02 Å². The minimum atomic E-state index is 0.339. The van der Waals surface area contributed by atoms with E-state index in [1.807, 2.05) is 30.3 Å². The summed E-state index contributed by atoms with van der Waals surface area (Å²) in [7, 11) is 0. The van der Waals surface area contributed by atoms with E-state index in [0.29, 0.717) is 11.9 Å². The second-order valence-electron chi connectivity index (χ2n) is 5.24. The minimum absolute atomic E-state index is 0.339. The van der Waals surface area contributed by atoms with Crippen molar-refractivity contribution in [1.29, 1.82) is 0 Å². The van der Waals surface area contributed by atoms with Crippen LogP contribution in [0, 0.1) is 0 Å². The molecule has 0 saturated heterocycles. The number of hydrogen-bond donors (Lipinski definition) is 2. The molecular weight excluding hydrogens is 282 g/mol. The summed E-state index contributed by atoms with van der Waals surface area (Å²) in [6.07, 6.45) is 4.69. The van der Waals surface area contributed by atoms with Gasteiger partial charge >= 0.3 is 0 Å². The Hall–Kier alpha value is -1.58. The predicted molar refractivity (Wildman–Crippen MR) is 89.6 cm³/mol. The molecule has 0 amide bonds. The van der Waals surface area contributed by atoms with Crippen molar-refractivity contribution in [3.8, 4) is 0 Å². The van der Waals surface area contributed by atoms with E-state index in [4.69, 9.17) is 17.3 Å². The number of rotatable bonds is 7. The van der Waals surface area contributed by atoms with Gasteiger partial charge in [-0.15, -0.1) is 0 Å². The molecule has 1 atom stereocenters. The topological polar surface area (TPSA) is 50.9 Å². The molecule has 0 aliphatic heterocycles. The molecule has 0 radical (unpaired) electrons. The van der Waals surface area contributed by atoms with Crippen LogP contribution in [0.1, 0.15) is 24.5 Å². The van der Waals surface area contributed by atoms with Crippen molar-refractivity contribution in [2.45, 2.75) is 32.2 Å². The molecule has 4 heteroatoms. The van der Waals surface area contributed by atoms with E-state index in [1.54, 1.807) is 6.20 Å². The van der Waals surface area contributed by atoms with Gasteiger partial charge in [-0.3, -0.25) is 0 Å². The molecule has 2 aromatic rings. The van der Waals surface area contributed by atoms with E-state index < -0.39 is 0 Å². The maximum Gasteiger partial charge on any atom is 0.123 e. The van der Waals surface area contributed by atoms with Gasteiger partial charge in [0, 0.05) is 17.3 Å². The summed E-state index contributed by atoms with van der Waals surface area (Å²) in [5.41, 5.74) is 8.13. The maximum atomic E-state index is 6.27. The lowest BCUT2D eigenvalue weighted by Crippen LogP contribution is -2.34. The van der Waals surface area contributed by atoms with Crippen molar-refractivity contribution in [3.05, 3.63) is 58.7 Å². The van der Waals surface area contributed by atoms with E-state index in [-0.39, 0.29) is 0 Å². The van der Waals surface area contributed by atoms with Crippen molar-refractivity contribution < 1.29 is 0 Å². The van der Waals surface area contributed by atoms with Crippen LogP contribution < -0.4 is 11.1 Å². The van der Waals surface area contributed by atoms with Crippen LogP contribution >= 0.6 is 11.6 Å². The molecule has 0 fully saturated rings. The fraction of sp³-hybridized carbons (Fsp3) is 0.353. The summed E-state index contributed by atoms with van der Waals surface area (Å²) in [5.74, 6) is 0.569. The molecule has 1 aromatic heterocycles. The summed E-state index contributed by atoms with van der Waals surface area (Å²) in [4.78, 5) is 4.04. The van der Waals surface area contributed by atoms with Gasteiger partial charge in [-0.25, -0.2) is 4.98 Å². The van der Waals surface area contributed by atoms with E-state index >= 15 is 0 Å². The van der Waals surface area contributed by atoms with Gasteiger partial charge in [0.05, 0.1) is 0 Å². The summed E-state index contributed by atoms with van der Waals surface area (Å²) < 4.78 is 0. The van der Waals surface area contributed by atoms with E-state index in [1.165, 1.54) is 11.1 Å². The highest BCUT2D eigenvalue weighted by Gasteiger charge is 2.12. The van der Waals surface area contributed by atoms with Crippen molar-refractivity contribution in [2.24, 2.45) is 0 Å². The van der Waals surface area contributed by atoms with Gasteiger partial charge in [0.2, 0.25) is 0 Å². The van der Waals surface area contributed by atoms with Crippen molar-refractivity contribution >= 4 is 17.4 Å². The molecule has 1 aromatic carbocycles. The lowest BCUT2D eigenvalue weighted by atomic mass is 9.99. The van der Waals surface area contributed by atoms with Crippen molar-refractivity contribution in [1.82, 2.24) is 10.3 Å². The summed E-state index contributed by atoms with van der Waals surface area (Å²) in [6, 6.07) is 12.3. The van der Waals surface area contributed by atoms with Gasteiger partial charge in [0.25, 0.3) is 0 Å². The Bertz CT molecular complexity index is 571. The summed E-state index contributed by atoms with van der Waals surface area (Å²) in [6.45, 7) is 3.17. The summed E-state index contributed by atoms with van der Waals surface area (Å²) >= 11 is 6.27. The molecule has 1 heterocycles. The average molecular weight is 304 g/mol. The third kappa shape index (κ3) is 5.03. The Morgan fingerprint density at radius 2 is 2.05 bits per heavy atom. The molecule has 0 saturated carbocycles. The van der Waals surface area contributed by atoms with Gasteiger partial charge in [-0.2, -0.15) is 0 Å². The lowest BCUT2D eigenvalue weighted by Gasteiger charge is -2.19. The smallest absolute Gasteiger partial charge is 0.123 e. The normalized spacial score (nSPS) is 12.3. The van der Waals surface area contributed by atoms with E-state index in [2.05, 4.69) is 23.3 Å². The molecule has 0 spiro atoms. The fourth-order valence-electron chi connectivity index (χ4n) is 2.40. The van der Waals surface area contributed by atoms with Gasteiger partial charge in [0.1, 0.15) is 5.82 Å². The molecular formula is C17H22ClN3. The quantitative estimate of drug-likeness (QED) is 0.823. The first-order chi connectivity index (χ1) is 10.2. The lowest BCUT2D eigenvalue weighted by molar-refractivity contribution is 0.505. The molecule has 1 unspecified atom stereocenters. The highest BCUT2D eigenvalue weighted by molar-refractivity contribution is 6.31. The Morgan fingerprint density at radius 1 is 1.24 bits per heavy atom. The molecule has 21 heavy (non-hydrogen) atoms. The number of nitrogens with one attached hydrogen (secondary N) is 1. The molecule has 2 rings (SSSR count). The van der Waals surface area contributed by atoms with Gasteiger partial charge in [-0.05, 0) is 55.1 Å². The molecule has 112 valence electrons. The first-order valence-electron chi connectivity index (χ1n) is 7.36. The van der Waals surface area contributed by atoms with Crippen molar-refractivity contribution in [2.75, 3.05) is 12.3 Å². The number of halogens is 1. The number of nitrogens with two attached hydrogens (primary N) is 1. The molecule has 0 aliphatic carbocycles. The van der Waals surface area contributed by atoms with Gasteiger partial charge < -0.3 is 11.1 Å². The van der Waals surface area contributed by atoms with Crippen LogP contribution in [0.5, 0.6) is 0 Å². The number of nitrogens with zero attached hydrogens (tertiary/aromatic N) is 1. The zero-order valence-electron chi connectivity index (χ0n) is 12.3. The Labute approximate surface area is 131 Å². The van der Waals surface area contributed by atoms with Crippen molar-refractivity contribution in [3.63, 3.8) is 0 Å². The zero-order chi connectivity index (χ0) is 15.1. The Balaban J connectivity index is 2.09. The second-order valence-corrected chi connectivity index (χ2v) is 5.65. The van der Waals surface area contributed by atoms with E-state index in [9.17, 15) is 0 Å². The van der Waals surface area contributed by atoms with Crippen LogP contribution in [-0.4, -0.2) is 17.6 Å².